The maximum atomic E-state index is 11.4. The van der Waals surface area contributed by atoms with Crippen LogP contribution in [-0.4, -0.2) is 18.0 Å². The van der Waals surface area contributed by atoms with Gasteiger partial charge in [-0.1, -0.05) is 22.0 Å². The lowest BCUT2D eigenvalue weighted by Gasteiger charge is -2.09. The second-order valence-electron chi connectivity index (χ2n) is 3.56. The summed E-state index contributed by atoms with van der Waals surface area (Å²) >= 11 is 9.37. The Balaban J connectivity index is 2.69. The molecule has 4 heteroatoms. The number of benzene rings is 1. The quantitative estimate of drug-likeness (QED) is 0.629. The molecule has 0 heterocycles. The molecule has 0 aliphatic heterocycles. The zero-order valence-corrected chi connectivity index (χ0v) is 11.6. The zero-order valence-electron chi connectivity index (χ0n) is 9.30. The van der Waals surface area contributed by atoms with Gasteiger partial charge >= 0.3 is 5.97 Å². The number of hydrogen-bond donors (Lipinski definition) is 0. The van der Waals surface area contributed by atoms with Crippen molar-refractivity contribution < 1.29 is 9.53 Å². The Hall–Kier alpha value is -0.540. The maximum absolute atomic E-state index is 11.4. The van der Waals surface area contributed by atoms with Crippen molar-refractivity contribution in [2.75, 3.05) is 6.61 Å². The first kappa shape index (κ1) is 13.5. The molecule has 0 aromatic heterocycles. The maximum Gasteiger partial charge on any atom is 0.324 e. The standard InChI is InChI=1S/C12H14BrClO2/c1-3-16-12(15)11(14)7-9-4-8(2)5-10(13)6-9/h4-6,11H,3,7H2,1-2H3. The summed E-state index contributed by atoms with van der Waals surface area (Å²) in [6.07, 6.45) is 0.487. The molecule has 0 bridgehead atoms. The van der Waals surface area contributed by atoms with Gasteiger partial charge in [0.25, 0.3) is 0 Å². The minimum atomic E-state index is -0.617. The Bertz CT molecular complexity index is 359. The van der Waals surface area contributed by atoms with E-state index in [1.54, 1.807) is 6.92 Å². The average molecular weight is 306 g/mol. The van der Waals surface area contributed by atoms with E-state index >= 15 is 0 Å². The fraction of sp³-hybridized carbons (Fsp3) is 0.417. The first-order valence-electron chi connectivity index (χ1n) is 5.09. The molecule has 1 aromatic carbocycles. The van der Waals surface area contributed by atoms with Gasteiger partial charge < -0.3 is 4.74 Å². The van der Waals surface area contributed by atoms with Crippen LogP contribution in [0.5, 0.6) is 0 Å². The molecule has 0 amide bonds. The summed E-state index contributed by atoms with van der Waals surface area (Å²) in [5.41, 5.74) is 2.16. The highest BCUT2D eigenvalue weighted by Gasteiger charge is 2.17. The van der Waals surface area contributed by atoms with Crippen molar-refractivity contribution in [2.24, 2.45) is 0 Å². The summed E-state index contributed by atoms with van der Waals surface area (Å²) in [5, 5.41) is -0.617. The summed E-state index contributed by atoms with van der Waals surface area (Å²) in [4.78, 5) is 11.4. The van der Waals surface area contributed by atoms with Crippen molar-refractivity contribution in [1.29, 1.82) is 0 Å². The van der Waals surface area contributed by atoms with Gasteiger partial charge in [0.1, 0.15) is 5.38 Å². The lowest BCUT2D eigenvalue weighted by Crippen LogP contribution is -2.20. The van der Waals surface area contributed by atoms with Crippen molar-refractivity contribution in [3.05, 3.63) is 33.8 Å². The van der Waals surface area contributed by atoms with Gasteiger partial charge in [-0.05, 0) is 43.5 Å². The highest BCUT2D eigenvalue weighted by atomic mass is 79.9. The Kier molecular flexibility index (Phi) is 5.29. The Morgan fingerprint density at radius 1 is 1.50 bits per heavy atom. The average Bonchev–Trinajstić information content (AvgIpc) is 2.16. The predicted molar refractivity (Wildman–Crippen MR) is 68.9 cm³/mol. The van der Waals surface area contributed by atoms with Gasteiger partial charge in [-0.3, -0.25) is 4.79 Å². The second kappa shape index (κ2) is 6.26. The van der Waals surface area contributed by atoms with E-state index in [9.17, 15) is 4.79 Å². The minimum absolute atomic E-state index is 0.359. The van der Waals surface area contributed by atoms with E-state index in [0.717, 1.165) is 15.6 Å². The number of alkyl halides is 1. The minimum Gasteiger partial charge on any atom is -0.465 e. The molecule has 0 saturated carbocycles. The van der Waals surface area contributed by atoms with Crippen LogP contribution in [0.4, 0.5) is 0 Å². The molecular weight excluding hydrogens is 291 g/mol. The third-order valence-corrected chi connectivity index (χ3v) is 2.85. The third kappa shape index (κ3) is 4.14. The van der Waals surface area contributed by atoms with Crippen LogP contribution >= 0.6 is 27.5 Å². The fourth-order valence-corrected chi connectivity index (χ4v) is 2.35. The molecule has 0 aliphatic rings. The molecule has 0 aliphatic carbocycles. The number of esters is 1. The summed E-state index contributed by atoms with van der Waals surface area (Å²) in [7, 11) is 0. The molecule has 88 valence electrons. The van der Waals surface area contributed by atoms with E-state index in [4.69, 9.17) is 16.3 Å². The fourth-order valence-electron chi connectivity index (χ4n) is 1.45. The Morgan fingerprint density at radius 3 is 2.75 bits per heavy atom. The van der Waals surface area contributed by atoms with Gasteiger partial charge in [0.05, 0.1) is 6.61 Å². The van der Waals surface area contributed by atoms with Crippen molar-refractivity contribution in [3.8, 4) is 0 Å². The molecule has 16 heavy (non-hydrogen) atoms. The normalized spacial score (nSPS) is 12.2. The zero-order chi connectivity index (χ0) is 12.1. The molecule has 2 nitrogen and oxygen atoms in total. The van der Waals surface area contributed by atoms with Gasteiger partial charge in [-0.15, -0.1) is 11.6 Å². The van der Waals surface area contributed by atoms with Crippen LogP contribution in [0.15, 0.2) is 22.7 Å². The first-order valence-corrected chi connectivity index (χ1v) is 6.32. The van der Waals surface area contributed by atoms with Gasteiger partial charge in [0.2, 0.25) is 0 Å². The van der Waals surface area contributed by atoms with Crippen LogP contribution in [0.3, 0.4) is 0 Å². The molecule has 0 radical (unpaired) electrons. The van der Waals surface area contributed by atoms with Crippen LogP contribution in [0.1, 0.15) is 18.1 Å². The Morgan fingerprint density at radius 2 is 2.19 bits per heavy atom. The number of hydrogen-bond acceptors (Lipinski definition) is 2. The largest absolute Gasteiger partial charge is 0.465 e. The van der Waals surface area contributed by atoms with Crippen LogP contribution in [0, 0.1) is 6.92 Å². The third-order valence-electron chi connectivity index (χ3n) is 2.06. The van der Waals surface area contributed by atoms with E-state index < -0.39 is 5.38 Å². The van der Waals surface area contributed by atoms with Crippen molar-refractivity contribution >= 4 is 33.5 Å². The van der Waals surface area contributed by atoms with E-state index in [1.807, 2.05) is 25.1 Å². The SMILES string of the molecule is CCOC(=O)C(Cl)Cc1cc(C)cc(Br)c1. The van der Waals surface area contributed by atoms with E-state index in [1.165, 1.54) is 0 Å². The van der Waals surface area contributed by atoms with Gasteiger partial charge in [-0.25, -0.2) is 0 Å². The molecule has 0 N–H and O–H groups in total. The first-order chi connectivity index (χ1) is 7.52. The molecule has 1 atom stereocenters. The highest BCUT2D eigenvalue weighted by Crippen LogP contribution is 2.18. The van der Waals surface area contributed by atoms with Crippen molar-refractivity contribution in [3.63, 3.8) is 0 Å². The summed E-state index contributed by atoms with van der Waals surface area (Å²) in [6, 6.07) is 5.98. The molecule has 1 unspecified atom stereocenters. The number of halogens is 2. The molecule has 0 saturated heterocycles. The predicted octanol–water partition coefficient (Wildman–Crippen LogP) is 3.47. The molecular formula is C12H14BrClO2. The lowest BCUT2D eigenvalue weighted by atomic mass is 10.1. The smallest absolute Gasteiger partial charge is 0.324 e. The topological polar surface area (TPSA) is 26.3 Å². The van der Waals surface area contributed by atoms with E-state index in [-0.39, 0.29) is 5.97 Å². The Labute approximate surface area is 109 Å². The van der Waals surface area contributed by atoms with Gasteiger partial charge in [-0.2, -0.15) is 0 Å². The van der Waals surface area contributed by atoms with Gasteiger partial charge in [0.15, 0.2) is 0 Å². The van der Waals surface area contributed by atoms with Crippen LogP contribution in [0.2, 0.25) is 0 Å². The van der Waals surface area contributed by atoms with E-state index in [2.05, 4.69) is 15.9 Å². The second-order valence-corrected chi connectivity index (χ2v) is 5.00. The molecule has 0 fully saturated rings. The number of ether oxygens (including phenoxy) is 1. The van der Waals surface area contributed by atoms with Crippen molar-refractivity contribution in [2.45, 2.75) is 25.6 Å². The summed E-state index contributed by atoms with van der Waals surface area (Å²) in [6.45, 7) is 4.13. The van der Waals surface area contributed by atoms with Gasteiger partial charge in [0, 0.05) is 4.47 Å². The molecule has 0 spiro atoms. The molecule has 1 rings (SSSR count). The molecule has 1 aromatic rings. The lowest BCUT2D eigenvalue weighted by molar-refractivity contribution is -0.142. The number of carbonyl (C=O) groups excluding carboxylic acids is 1. The highest BCUT2D eigenvalue weighted by molar-refractivity contribution is 9.10. The van der Waals surface area contributed by atoms with Crippen molar-refractivity contribution in [1.82, 2.24) is 0 Å². The monoisotopic (exact) mass is 304 g/mol. The summed E-state index contributed by atoms with van der Waals surface area (Å²) < 4.78 is 5.85. The number of carbonyl (C=O) groups is 1. The summed E-state index contributed by atoms with van der Waals surface area (Å²) in [5.74, 6) is -0.359. The number of aryl methyl sites for hydroxylation is 1. The van der Waals surface area contributed by atoms with Crippen LogP contribution < -0.4 is 0 Å². The van der Waals surface area contributed by atoms with Crippen LogP contribution in [-0.2, 0) is 16.0 Å². The van der Waals surface area contributed by atoms with Crippen LogP contribution in [0.25, 0.3) is 0 Å². The van der Waals surface area contributed by atoms with E-state index in [0.29, 0.717) is 13.0 Å². The number of rotatable bonds is 4.